The smallest absolute Gasteiger partial charge is 0.320 e. The van der Waals surface area contributed by atoms with E-state index >= 15 is 0 Å². The average molecular weight is 405 g/mol. The Labute approximate surface area is 154 Å². The van der Waals surface area contributed by atoms with Crippen molar-refractivity contribution in [2.75, 3.05) is 5.32 Å². The van der Waals surface area contributed by atoms with E-state index in [1.807, 2.05) is 0 Å². The molecule has 0 aliphatic carbocycles. The molecule has 1 N–H and O–H groups in total. The van der Waals surface area contributed by atoms with E-state index in [4.69, 9.17) is 23.2 Å². The number of aryl methyl sites for hydroxylation is 1. The third-order valence-corrected chi connectivity index (χ3v) is 5.24. The number of benzene rings is 1. The number of thiophene rings is 1. The minimum atomic E-state index is -4.54. The standard InChI is InChI=1S/C16H9Cl2F3N2OS/c1-7-9-3-5-12(16(19,20)21)23-15(9)25-13(7)14(24)22-11-6-8(17)2-4-10(11)18/h2-6H,1H3,(H,22,24). The number of carbonyl (C=O) groups is 1. The molecule has 0 aliphatic heterocycles. The molecule has 0 saturated heterocycles. The Morgan fingerprint density at radius 3 is 2.60 bits per heavy atom. The van der Waals surface area contributed by atoms with Crippen LogP contribution in [0.15, 0.2) is 30.3 Å². The molecule has 1 aromatic carbocycles. The van der Waals surface area contributed by atoms with E-state index in [1.165, 1.54) is 18.2 Å². The lowest BCUT2D eigenvalue weighted by Gasteiger charge is -2.07. The number of pyridine rings is 1. The van der Waals surface area contributed by atoms with Crippen molar-refractivity contribution in [3.05, 3.63) is 56.5 Å². The molecule has 0 bridgehead atoms. The maximum atomic E-state index is 12.8. The normalized spacial score (nSPS) is 11.8. The molecule has 2 heterocycles. The first kappa shape index (κ1) is 18.0. The molecule has 0 unspecified atom stereocenters. The van der Waals surface area contributed by atoms with Crippen LogP contribution in [0, 0.1) is 6.92 Å². The quantitative estimate of drug-likeness (QED) is 0.553. The molecule has 0 spiro atoms. The number of alkyl halides is 3. The Bertz CT molecular complexity index is 985. The van der Waals surface area contributed by atoms with Crippen LogP contribution in [0.1, 0.15) is 20.9 Å². The molecule has 0 fully saturated rings. The van der Waals surface area contributed by atoms with Gasteiger partial charge in [-0.15, -0.1) is 11.3 Å². The van der Waals surface area contributed by atoms with Gasteiger partial charge in [-0.2, -0.15) is 13.2 Å². The van der Waals surface area contributed by atoms with Crippen LogP contribution < -0.4 is 5.32 Å². The van der Waals surface area contributed by atoms with Crippen LogP contribution in [-0.2, 0) is 6.18 Å². The molecule has 130 valence electrons. The molecular formula is C16H9Cl2F3N2OS. The summed E-state index contributed by atoms with van der Waals surface area (Å²) in [5, 5.41) is 3.81. The lowest BCUT2D eigenvalue weighted by atomic mass is 10.1. The average Bonchev–Trinajstić information content (AvgIpc) is 2.87. The predicted octanol–water partition coefficient (Wildman–Crippen LogP) is 6.18. The number of amides is 1. The number of rotatable bonds is 2. The van der Waals surface area contributed by atoms with Crippen molar-refractivity contribution in [2.45, 2.75) is 13.1 Å². The number of fused-ring (bicyclic) bond motifs is 1. The van der Waals surface area contributed by atoms with Crippen molar-refractivity contribution in [1.82, 2.24) is 4.98 Å². The fraction of sp³-hybridized carbons (Fsp3) is 0.125. The minimum absolute atomic E-state index is 0.148. The van der Waals surface area contributed by atoms with Crippen LogP contribution in [0.3, 0.4) is 0 Å². The second kappa shape index (κ2) is 6.48. The Hall–Kier alpha value is -1.83. The topological polar surface area (TPSA) is 42.0 Å². The van der Waals surface area contributed by atoms with Gasteiger partial charge in [0.05, 0.1) is 15.6 Å². The molecule has 0 atom stereocenters. The van der Waals surface area contributed by atoms with Crippen molar-refractivity contribution in [3.63, 3.8) is 0 Å². The lowest BCUT2D eigenvalue weighted by Crippen LogP contribution is -2.11. The van der Waals surface area contributed by atoms with Gasteiger partial charge in [-0.25, -0.2) is 4.98 Å². The van der Waals surface area contributed by atoms with E-state index in [1.54, 1.807) is 13.0 Å². The summed E-state index contributed by atoms with van der Waals surface area (Å²) in [7, 11) is 0. The van der Waals surface area contributed by atoms with Crippen LogP contribution >= 0.6 is 34.5 Å². The number of hydrogen-bond acceptors (Lipinski definition) is 3. The van der Waals surface area contributed by atoms with Gasteiger partial charge < -0.3 is 5.32 Å². The summed E-state index contributed by atoms with van der Waals surface area (Å²) >= 11 is 12.8. The molecule has 3 rings (SSSR count). The molecule has 2 aromatic heterocycles. The maximum absolute atomic E-state index is 12.8. The van der Waals surface area contributed by atoms with Crippen molar-refractivity contribution >= 4 is 56.3 Å². The Morgan fingerprint density at radius 1 is 1.20 bits per heavy atom. The van der Waals surface area contributed by atoms with Crippen LogP contribution in [0.5, 0.6) is 0 Å². The molecule has 1 amide bonds. The molecule has 0 aliphatic rings. The second-order valence-corrected chi connectivity index (χ2v) is 7.02. The van der Waals surface area contributed by atoms with Gasteiger partial charge in [-0.05, 0) is 42.8 Å². The van der Waals surface area contributed by atoms with Gasteiger partial charge in [0.2, 0.25) is 0 Å². The Balaban J connectivity index is 1.99. The van der Waals surface area contributed by atoms with Crippen molar-refractivity contribution in [3.8, 4) is 0 Å². The molecule has 0 radical (unpaired) electrons. The van der Waals surface area contributed by atoms with Gasteiger partial charge in [-0.3, -0.25) is 4.79 Å². The third kappa shape index (κ3) is 3.58. The van der Waals surface area contributed by atoms with Crippen molar-refractivity contribution in [1.29, 1.82) is 0 Å². The summed E-state index contributed by atoms with van der Waals surface area (Å²) in [6.45, 7) is 1.66. The number of carbonyl (C=O) groups excluding carboxylic acids is 1. The molecular weight excluding hydrogens is 396 g/mol. The maximum Gasteiger partial charge on any atom is 0.433 e. The molecule has 3 nitrogen and oxygen atoms in total. The van der Waals surface area contributed by atoms with Gasteiger partial charge >= 0.3 is 6.18 Å². The van der Waals surface area contributed by atoms with Gasteiger partial charge in [0.15, 0.2) is 0 Å². The Morgan fingerprint density at radius 2 is 1.92 bits per heavy atom. The van der Waals surface area contributed by atoms with Gasteiger partial charge in [-0.1, -0.05) is 23.2 Å². The van der Waals surface area contributed by atoms with E-state index in [-0.39, 0.29) is 9.71 Å². The third-order valence-electron chi connectivity index (χ3n) is 3.48. The number of nitrogens with one attached hydrogen (secondary N) is 1. The van der Waals surface area contributed by atoms with Gasteiger partial charge in [0.25, 0.3) is 5.91 Å². The van der Waals surface area contributed by atoms with E-state index in [0.29, 0.717) is 26.7 Å². The highest BCUT2D eigenvalue weighted by atomic mass is 35.5. The van der Waals surface area contributed by atoms with Gasteiger partial charge in [0.1, 0.15) is 10.5 Å². The minimum Gasteiger partial charge on any atom is -0.320 e. The lowest BCUT2D eigenvalue weighted by molar-refractivity contribution is -0.140. The number of aromatic nitrogens is 1. The first-order valence-corrected chi connectivity index (χ1v) is 8.48. The van der Waals surface area contributed by atoms with Crippen LogP contribution in [0.25, 0.3) is 10.2 Å². The summed E-state index contributed by atoms with van der Waals surface area (Å²) in [5.41, 5.74) is -0.122. The zero-order valence-electron chi connectivity index (χ0n) is 12.5. The molecule has 25 heavy (non-hydrogen) atoms. The summed E-state index contributed by atoms with van der Waals surface area (Å²) in [4.78, 5) is 16.5. The highest BCUT2D eigenvalue weighted by molar-refractivity contribution is 7.20. The van der Waals surface area contributed by atoms with Crippen LogP contribution in [-0.4, -0.2) is 10.9 Å². The molecule has 0 saturated carbocycles. The largest absolute Gasteiger partial charge is 0.433 e. The van der Waals surface area contributed by atoms with Crippen molar-refractivity contribution < 1.29 is 18.0 Å². The van der Waals surface area contributed by atoms with Gasteiger partial charge in [0, 0.05) is 10.4 Å². The summed E-state index contributed by atoms with van der Waals surface area (Å²) in [5.74, 6) is -0.488. The predicted molar refractivity (Wildman–Crippen MR) is 93.8 cm³/mol. The first-order valence-electron chi connectivity index (χ1n) is 6.90. The van der Waals surface area contributed by atoms with Crippen molar-refractivity contribution in [2.24, 2.45) is 0 Å². The summed E-state index contributed by atoms with van der Waals surface area (Å²) in [6.07, 6.45) is -4.54. The fourth-order valence-corrected chi connectivity index (χ4v) is 3.66. The highest BCUT2D eigenvalue weighted by Gasteiger charge is 2.33. The molecule has 3 aromatic rings. The zero-order chi connectivity index (χ0) is 18.4. The number of nitrogens with zero attached hydrogens (tertiary/aromatic N) is 1. The zero-order valence-corrected chi connectivity index (χ0v) is 14.9. The number of hydrogen-bond donors (Lipinski definition) is 1. The fourth-order valence-electron chi connectivity index (χ4n) is 2.25. The number of halogens is 5. The summed E-state index contributed by atoms with van der Waals surface area (Å²) < 4.78 is 38.4. The van der Waals surface area contributed by atoms with Crippen LogP contribution in [0.4, 0.5) is 18.9 Å². The van der Waals surface area contributed by atoms with E-state index < -0.39 is 17.8 Å². The SMILES string of the molecule is Cc1c(C(=O)Nc2cc(Cl)ccc2Cl)sc2nc(C(F)(F)F)ccc12. The first-order chi connectivity index (χ1) is 11.7. The molecule has 9 heteroatoms. The highest BCUT2D eigenvalue weighted by Crippen LogP contribution is 2.35. The Kier molecular flexibility index (Phi) is 4.66. The number of anilines is 1. The van der Waals surface area contributed by atoms with E-state index in [2.05, 4.69) is 10.3 Å². The van der Waals surface area contributed by atoms with E-state index in [0.717, 1.165) is 17.4 Å². The summed E-state index contributed by atoms with van der Waals surface area (Å²) in [6, 6.07) is 6.82. The second-order valence-electron chi connectivity index (χ2n) is 5.18. The van der Waals surface area contributed by atoms with Crippen LogP contribution in [0.2, 0.25) is 10.0 Å². The monoisotopic (exact) mass is 404 g/mol. The van der Waals surface area contributed by atoms with E-state index in [9.17, 15) is 18.0 Å².